The SMILES string of the molecule is CC(C)(C)c1cc(N(c2ccccc2)c2ccccc2)c2ccc3c(C(C)(C)C)cc(N(c4cc5c6c(ccc7cccc(c76)C5(C)C)c4)c4cccc5c4oc4ccccc45)c4ccc1c2c43. The largest absolute Gasteiger partial charge is 0.454 e. The van der Waals surface area contributed by atoms with E-state index in [0.29, 0.717) is 0 Å². The third-order valence-corrected chi connectivity index (χ3v) is 15.2. The lowest BCUT2D eigenvalue weighted by atomic mass is 9.77. The van der Waals surface area contributed by atoms with E-state index in [1.807, 2.05) is 0 Å². The van der Waals surface area contributed by atoms with Gasteiger partial charge in [-0.15, -0.1) is 0 Å². The average molecular weight is 879 g/mol. The Morgan fingerprint density at radius 3 is 1.53 bits per heavy atom. The number of anilines is 6. The van der Waals surface area contributed by atoms with E-state index in [4.69, 9.17) is 4.42 Å². The predicted octanol–water partition coefficient (Wildman–Crippen LogP) is 19.0. The minimum absolute atomic E-state index is 0.154. The second-order valence-corrected chi connectivity index (χ2v) is 21.7. The fourth-order valence-corrected chi connectivity index (χ4v) is 12.0. The summed E-state index contributed by atoms with van der Waals surface area (Å²) < 4.78 is 7.00. The molecule has 0 fully saturated rings. The first kappa shape index (κ1) is 40.6. The Labute approximate surface area is 398 Å². The number of hydrogen-bond donors (Lipinski definition) is 0. The van der Waals surface area contributed by atoms with Crippen molar-refractivity contribution in [2.45, 2.75) is 71.6 Å². The van der Waals surface area contributed by atoms with Gasteiger partial charge < -0.3 is 14.2 Å². The number of fused-ring (bicyclic) bond motifs is 3. The molecule has 0 bridgehead atoms. The van der Waals surface area contributed by atoms with Gasteiger partial charge in [0, 0.05) is 44.0 Å². The molecular formula is C65H54N2O. The van der Waals surface area contributed by atoms with Crippen molar-refractivity contribution >= 4 is 110 Å². The summed E-state index contributed by atoms with van der Waals surface area (Å²) in [6.07, 6.45) is 0. The molecule has 330 valence electrons. The van der Waals surface area contributed by atoms with E-state index in [2.05, 4.69) is 247 Å². The van der Waals surface area contributed by atoms with Crippen molar-refractivity contribution in [1.29, 1.82) is 0 Å². The summed E-state index contributed by atoms with van der Waals surface area (Å²) in [5.74, 6) is 0. The predicted molar refractivity (Wildman–Crippen MR) is 291 cm³/mol. The number of benzene rings is 11. The van der Waals surface area contributed by atoms with Crippen LogP contribution in [0.2, 0.25) is 0 Å². The molecule has 1 heterocycles. The third kappa shape index (κ3) is 5.78. The second kappa shape index (κ2) is 14.2. The zero-order valence-electron chi connectivity index (χ0n) is 40.1. The normalized spacial score (nSPS) is 13.7. The highest BCUT2D eigenvalue weighted by molar-refractivity contribution is 6.30. The summed E-state index contributed by atoms with van der Waals surface area (Å²) in [4.78, 5) is 4.99. The molecule has 0 N–H and O–H groups in total. The van der Waals surface area contributed by atoms with Crippen molar-refractivity contribution in [1.82, 2.24) is 0 Å². The quantitative estimate of drug-likeness (QED) is 0.155. The molecule has 13 rings (SSSR count). The van der Waals surface area contributed by atoms with E-state index in [-0.39, 0.29) is 16.2 Å². The van der Waals surface area contributed by atoms with Gasteiger partial charge in [0.2, 0.25) is 0 Å². The van der Waals surface area contributed by atoms with Crippen molar-refractivity contribution in [3.8, 4) is 0 Å². The topological polar surface area (TPSA) is 19.6 Å². The van der Waals surface area contributed by atoms with Gasteiger partial charge in [0.05, 0.1) is 17.1 Å². The van der Waals surface area contributed by atoms with E-state index >= 15 is 0 Å². The van der Waals surface area contributed by atoms with Crippen LogP contribution >= 0.6 is 0 Å². The summed E-state index contributed by atoms with van der Waals surface area (Å²) in [5.41, 5.74) is 13.3. The smallest absolute Gasteiger partial charge is 0.159 e. The molecule has 0 atom stereocenters. The summed E-state index contributed by atoms with van der Waals surface area (Å²) >= 11 is 0. The minimum atomic E-state index is -0.198. The lowest BCUT2D eigenvalue weighted by molar-refractivity contribution is 0.595. The van der Waals surface area contributed by atoms with Crippen LogP contribution in [0, 0.1) is 0 Å². The number of furan rings is 1. The van der Waals surface area contributed by atoms with Crippen molar-refractivity contribution in [3.63, 3.8) is 0 Å². The second-order valence-electron chi connectivity index (χ2n) is 21.7. The van der Waals surface area contributed by atoms with Gasteiger partial charge in [-0.1, -0.05) is 177 Å². The van der Waals surface area contributed by atoms with E-state index < -0.39 is 0 Å². The van der Waals surface area contributed by atoms with Gasteiger partial charge in [-0.2, -0.15) is 0 Å². The van der Waals surface area contributed by atoms with E-state index in [0.717, 1.165) is 50.4 Å². The zero-order chi connectivity index (χ0) is 46.4. The van der Waals surface area contributed by atoms with Gasteiger partial charge in [-0.05, 0) is 137 Å². The molecular weight excluding hydrogens is 825 g/mol. The highest BCUT2D eigenvalue weighted by Gasteiger charge is 2.36. The number of para-hydroxylation sites is 4. The van der Waals surface area contributed by atoms with Crippen molar-refractivity contribution in [3.05, 3.63) is 204 Å². The summed E-state index contributed by atoms with van der Waals surface area (Å²) in [6, 6.07) is 67.9. The van der Waals surface area contributed by atoms with Crippen LogP contribution in [0.1, 0.15) is 77.6 Å². The minimum Gasteiger partial charge on any atom is -0.454 e. The van der Waals surface area contributed by atoms with Crippen LogP contribution in [0.3, 0.4) is 0 Å². The van der Waals surface area contributed by atoms with E-state index in [9.17, 15) is 0 Å². The van der Waals surface area contributed by atoms with Gasteiger partial charge in [-0.3, -0.25) is 0 Å². The molecule has 68 heavy (non-hydrogen) atoms. The van der Waals surface area contributed by atoms with Crippen LogP contribution in [-0.2, 0) is 16.2 Å². The van der Waals surface area contributed by atoms with Crippen molar-refractivity contribution < 1.29 is 4.42 Å². The van der Waals surface area contributed by atoms with Crippen molar-refractivity contribution in [2.24, 2.45) is 0 Å². The Hall–Kier alpha value is -7.62. The number of rotatable bonds is 6. The molecule has 0 saturated heterocycles. The van der Waals surface area contributed by atoms with Crippen LogP contribution < -0.4 is 9.80 Å². The molecule has 11 aromatic carbocycles. The van der Waals surface area contributed by atoms with Gasteiger partial charge in [0.15, 0.2) is 5.58 Å². The van der Waals surface area contributed by atoms with Crippen LogP contribution in [-0.4, -0.2) is 0 Å². The Morgan fingerprint density at radius 1 is 0.368 bits per heavy atom. The Morgan fingerprint density at radius 2 is 0.897 bits per heavy atom. The molecule has 1 aliphatic rings. The zero-order valence-corrected chi connectivity index (χ0v) is 40.1. The van der Waals surface area contributed by atoms with Crippen LogP contribution in [0.25, 0.3) is 75.8 Å². The Balaban J connectivity index is 1.19. The maximum atomic E-state index is 7.00. The fraction of sp³-hybridized carbons (Fsp3) is 0.169. The Bertz CT molecular complexity index is 3970. The summed E-state index contributed by atoms with van der Waals surface area (Å²) in [6.45, 7) is 19.0. The summed E-state index contributed by atoms with van der Waals surface area (Å²) in [5, 5.41) is 15.1. The molecule has 0 unspecified atom stereocenters. The Kier molecular flexibility index (Phi) is 8.49. The summed E-state index contributed by atoms with van der Waals surface area (Å²) in [7, 11) is 0. The molecule has 3 heteroatoms. The van der Waals surface area contributed by atoms with Gasteiger partial charge in [0.1, 0.15) is 5.58 Å². The lowest BCUT2D eigenvalue weighted by Crippen LogP contribution is -2.18. The van der Waals surface area contributed by atoms with E-state index in [1.165, 1.54) is 81.8 Å². The van der Waals surface area contributed by atoms with Crippen LogP contribution in [0.4, 0.5) is 34.1 Å². The molecule has 0 saturated carbocycles. The molecule has 12 aromatic rings. The maximum absolute atomic E-state index is 7.00. The molecule has 3 nitrogen and oxygen atoms in total. The highest BCUT2D eigenvalue weighted by Crippen LogP contribution is 2.55. The maximum Gasteiger partial charge on any atom is 0.159 e. The molecule has 0 aliphatic heterocycles. The van der Waals surface area contributed by atoms with E-state index in [1.54, 1.807) is 0 Å². The monoisotopic (exact) mass is 878 g/mol. The molecule has 0 spiro atoms. The van der Waals surface area contributed by atoms with Gasteiger partial charge in [0.25, 0.3) is 0 Å². The highest BCUT2D eigenvalue weighted by atomic mass is 16.3. The number of nitrogens with zero attached hydrogens (tertiary/aromatic N) is 2. The first-order chi connectivity index (χ1) is 32.8. The van der Waals surface area contributed by atoms with Gasteiger partial charge in [-0.25, -0.2) is 0 Å². The van der Waals surface area contributed by atoms with Gasteiger partial charge >= 0.3 is 0 Å². The van der Waals surface area contributed by atoms with Crippen LogP contribution in [0.5, 0.6) is 0 Å². The fourth-order valence-electron chi connectivity index (χ4n) is 12.0. The molecule has 0 amide bonds. The standard InChI is InChI=1S/C65H54N2O/c1-63(2,3)51-37-55(66(41-20-11-9-12-21-41)42-22-13-10-14-23-42)48-33-31-47-52(64(4,5)6)38-56(49-34-32-46(51)60(48)61(47)49)67(54-27-18-25-45-44-24-15-16-28-57(44)68-62(45)54)43-35-40-30-29-39-19-17-26-50-58(39)59(40)53(36-43)65(50,7)8/h9-38H,1-8H3. The van der Waals surface area contributed by atoms with Crippen molar-refractivity contribution in [2.75, 3.05) is 9.80 Å². The average Bonchev–Trinajstić information content (AvgIpc) is 3.83. The first-order valence-electron chi connectivity index (χ1n) is 24.2. The first-order valence-corrected chi connectivity index (χ1v) is 24.2. The molecule has 0 radical (unpaired) electrons. The third-order valence-electron chi connectivity index (χ3n) is 15.2. The molecule has 1 aromatic heterocycles. The molecule has 1 aliphatic carbocycles. The lowest BCUT2D eigenvalue weighted by Gasteiger charge is -2.34. The van der Waals surface area contributed by atoms with Crippen LogP contribution in [0.15, 0.2) is 186 Å². The number of hydrogen-bond acceptors (Lipinski definition) is 3.